The van der Waals surface area contributed by atoms with Crippen molar-refractivity contribution in [1.82, 2.24) is 14.9 Å². The molecular formula is C20H26N4O2. The van der Waals surface area contributed by atoms with Crippen LogP contribution in [0.5, 0.6) is 0 Å². The number of aryl methyl sites for hydroxylation is 1. The monoisotopic (exact) mass is 354 g/mol. The zero-order valence-electron chi connectivity index (χ0n) is 15.7. The summed E-state index contributed by atoms with van der Waals surface area (Å²) in [5.41, 5.74) is 2.35. The number of hydrogen-bond donors (Lipinski definition) is 0. The Morgan fingerprint density at radius 2 is 1.88 bits per heavy atom. The van der Waals surface area contributed by atoms with E-state index in [2.05, 4.69) is 14.9 Å². The van der Waals surface area contributed by atoms with Crippen LogP contribution in [0.4, 0.5) is 5.95 Å². The van der Waals surface area contributed by atoms with Gasteiger partial charge in [-0.2, -0.15) is 0 Å². The molecule has 138 valence electrons. The Kier molecular flexibility index (Phi) is 5.83. The largest absolute Gasteiger partial charge is 0.378 e. The lowest BCUT2D eigenvalue weighted by Gasteiger charge is -2.29. The van der Waals surface area contributed by atoms with E-state index >= 15 is 0 Å². The fourth-order valence-electron chi connectivity index (χ4n) is 2.98. The van der Waals surface area contributed by atoms with E-state index in [4.69, 9.17) is 4.74 Å². The number of carbonyl (C=O) groups excluding carboxylic acids is 1. The van der Waals surface area contributed by atoms with Crippen molar-refractivity contribution in [3.63, 3.8) is 0 Å². The molecule has 0 N–H and O–H groups in total. The highest BCUT2D eigenvalue weighted by Crippen LogP contribution is 2.16. The van der Waals surface area contributed by atoms with Gasteiger partial charge in [0.15, 0.2) is 0 Å². The highest BCUT2D eigenvalue weighted by molar-refractivity contribution is 5.92. The maximum atomic E-state index is 13.2. The lowest BCUT2D eigenvalue weighted by molar-refractivity contribution is 0.0684. The van der Waals surface area contributed by atoms with Crippen LogP contribution >= 0.6 is 0 Å². The normalized spacial score (nSPS) is 14.5. The number of nitrogens with zero attached hydrogens (tertiary/aromatic N) is 4. The molecule has 1 aromatic carbocycles. The Hall–Kier alpha value is -2.47. The summed E-state index contributed by atoms with van der Waals surface area (Å²) in [4.78, 5) is 26.2. The Morgan fingerprint density at radius 3 is 2.54 bits per heavy atom. The Labute approximate surface area is 154 Å². The van der Waals surface area contributed by atoms with Gasteiger partial charge in [-0.1, -0.05) is 30.3 Å². The fraction of sp³-hybridized carbons (Fsp3) is 0.450. The van der Waals surface area contributed by atoms with Crippen molar-refractivity contribution < 1.29 is 9.53 Å². The molecule has 3 rings (SSSR count). The van der Waals surface area contributed by atoms with Gasteiger partial charge in [-0.05, 0) is 32.4 Å². The zero-order valence-corrected chi connectivity index (χ0v) is 15.7. The summed E-state index contributed by atoms with van der Waals surface area (Å²) in [6.07, 6.45) is 0. The first-order valence-corrected chi connectivity index (χ1v) is 9.08. The Morgan fingerprint density at radius 1 is 1.19 bits per heavy atom. The van der Waals surface area contributed by atoms with Crippen LogP contribution in [0.3, 0.4) is 0 Å². The number of benzene rings is 1. The minimum Gasteiger partial charge on any atom is -0.378 e. The van der Waals surface area contributed by atoms with E-state index in [9.17, 15) is 4.79 Å². The third-order valence-corrected chi connectivity index (χ3v) is 4.44. The number of aromatic nitrogens is 2. The first-order chi connectivity index (χ1) is 12.5. The minimum absolute atomic E-state index is 0.0659. The molecule has 1 saturated heterocycles. The molecule has 1 aliphatic rings. The Balaban J connectivity index is 1.85. The van der Waals surface area contributed by atoms with Crippen molar-refractivity contribution in [2.75, 3.05) is 31.2 Å². The predicted molar refractivity (Wildman–Crippen MR) is 101 cm³/mol. The number of amides is 1. The van der Waals surface area contributed by atoms with Gasteiger partial charge in [0.1, 0.15) is 5.69 Å². The number of anilines is 1. The summed E-state index contributed by atoms with van der Waals surface area (Å²) >= 11 is 0. The number of rotatable bonds is 5. The standard InChI is InChI=1S/C20H26N4O2/c1-15(2)24(14-17-7-5-4-6-8-17)19(25)18-13-16(3)21-20(22-18)23-9-11-26-12-10-23/h4-8,13,15H,9-12,14H2,1-3H3. The smallest absolute Gasteiger partial charge is 0.273 e. The van der Waals surface area contributed by atoms with E-state index in [1.54, 1.807) is 6.07 Å². The molecule has 0 spiro atoms. The summed E-state index contributed by atoms with van der Waals surface area (Å²) < 4.78 is 5.39. The lowest BCUT2D eigenvalue weighted by atomic mass is 10.1. The fourth-order valence-corrected chi connectivity index (χ4v) is 2.98. The zero-order chi connectivity index (χ0) is 18.5. The van der Waals surface area contributed by atoms with E-state index in [-0.39, 0.29) is 11.9 Å². The molecule has 2 heterocycles. The molecule has 6 heteroatoms. The molecule has 1 fully saturated rings. The van der Waals surface area contributed by atoms with Gasteiger partial charge in [0, 0.05) is 31.4 Å². The first kappa shape index (κ1) is 18.3. The molecule has 1 amide bonds. The van der Waals surface area contributed by atoms with Gasteiger partial charge < -0.3 is 14.5 Å². The van der Waals surface area contributed by atoms with E-state index in [0.29, 0.717) is 31.4 Å². The van der Waals surface area contributed by atoms with E-state index in [0.717, 1.165) is 24.3 Å². The van der Waals surface area contributed by atoms with Crippen molar-refractivity contribution >= 4 is 11.9 Å². The average Bonchev–Trinajstić information content (AvgIpc) is 2.66. The van der Waals surface area contributed by atoms with Crippen molar-refractivity contribution in [3.05, 3.63) is 53.3 Å². The quantitative estimate of drug-likeness (QED) is 0.826. The Bertz CT molecular complexity index is 743. The second kappa shape index (κ2) is 8.27. The van der Waals surface area contributed by atoms with Gasteiger partial charge in [0.05, 0.1) is 13.2 Å². The second-order valence-corrected chi connectivity index (χ2v) is 6.81. The van der Waals surface area contributed by atoms with Crippen LogP contribution in [0, 0.1) is 6.92 Å². The summed E-state index contributed by atoms with van der Waals surface area (Å²) in [7, 11) is 0. The molecule has 1 aromatic heterocycles. The van der Waals surface area contributed by atoms with E-state index in [1.807, 2.05) is 56.0 Å². The van der Waals surface area contributed by atoms with Crippen molar-refractivity contribution in [3.8, 4) is 0 Å². The van der Waals surface area contributed by atoms with Crippen LogP contribution < -0.4 is 4.90 Å². The molecule has 6 nitrogen and oxygen atoms in total. The maximum absolute atomic E-state index is 13.2. The summed E-state index contributed by atoms with van der Waals surface area (Å²) in [6.45, 7) is 9.32. The van der Waals surface area contributed by atoms with Crippen LogP contribution in [0.25, 0.3) is 0 Å². The minimum atomic E-state index is -0.0659. The average molecular weight is 354 g/mol. The van der Waals surface area contributed by atoms with Crippen LogP contribution in [0.15, 0.2) is 36.4 Å². The van der Waals surface area contributed by atoms with Crippen molar-refractivity contribution in [2.45, 2.75) is 33.4 Å². The van der Waals surface area contributed by atoms with E-state index < -0.39 is 0 Å². The number of carbonyl (C=O) groups is 1. The molecule has 0 radical (unpaired) electrons. The molecule has 0 unspecified atom stereocenters. The topological polar surface area (TPSA) is 58.6 Å². The predicted octanol–water partition coefficient (Wildman–Crippen LogP) is 2.67. The summed E-state index contributed by atoms with van der Waals surface area (Å²) in [6, 6.07) is 11.9. The van der Waals surface area contributed by atoms with Crippen LogP contribution in [-0.2, 0) is 11.3 Å². The third-order valence-electron chi connectivity index (χ3n) is 4.44. The van der Waals surface area contributed by atoms with Gasteiger partial charge in [-0.25, -0.2) is 9.97 Å². The SMILES string of the molecule is Cc1cc(C(=O)N(Cc2ccccc2)C(C)C)nc(N2CCOCC2)n1. The van der Waals surface area contributed by atoms with Gasteiger partial charge in [0.25, 0.3) is 5.91 Å². The van der Waals surface area contributed by atoms with Gasteiger partial charge in [-0.15, -0.1) is 0 Å². The molecular weight excluding hydrogens is 328 g/mol. The van der Waals surface area contributed by atoms with Gasteiger partial charge >= 0.3 is 0 Å². The third kappa shape index (κ3) is 4.38. The summed E-state index contributed by atoms with van der Waals surface area (Å²) in [5.74, 6) is 0.545. The molecule has 0 aliphatic carbocycles. The molecule has 2 aromatic rings. The van der Waals surface area contributed by atoms with Crippen molar-refractivity contribution in [1.29, 1.82) is 0 Å². The molecule has 26 heavy (non-hydrogen) atoms. The molecule has 0 saturated carbocycles. The van der Waals surface area contributed by atoms with E-state index in [1.165, 1.54) is 0 Å². The maximum Gasteiger partial charge on any atom is 0.273 e. The molecule has 0 bridgehead atoms. The lowest BCUT2D eigenvalue weighted by Crippen LogP contribution is -2.39. The number of ether oxygens (including phenoxy) is 1. The summed E-state index contributed by atoms with van der Waals surface area (Å²) in [5, 5.41) is 0. The second-order valence-electron chi connectivity index (χ2n) is 6.81. The highest BCUT2D eigenvalue weighted by Gasteiger charge is 2.23. The van der Waals surface area contributed by atoms with Crippen LogP contribution in [-0.4, -0.2) is 53.1 Å². The van der Waals surface area contributed by atoms with Crippen molar-refractivity contribution in [2.24, 2.45) is 0 Å². The first-order valence-electron chi connectivity index (χ1n) is 9.08. The van der Waals surface area contributed by atoms with Gasteiger partial charge in [0.2, 0.25) is 5.95 Å². The highest BCUT2D eigenvalue weighted by atomic mass is 16.5. The number of hydrogen-bond acceptors (Lipinski definition) is 5. The number of morpholine rings is 1. The van der Waals surface area contributed by atoms with Gasteiger partial charge in [-0.3, -0.25) is 4.79 Å². The molecule has 1 aliphatic heterocycles. The van der Waals surface area contributed by atoms with Crippen LogP contribution in [0.2, 0.25) is 0 Å². The molecule has 0 atom stereocenters. The van der Waals surface area contributed by atoms with Crippen LogP contribution in [0.1, 0.15) is 35.6 Å².